The highest BCUT2D eigenvalue weighted by Gasteiger charge is 2.22. The minimum absolute atomic E-state index is 0.0441. The third-order valence-electron chi connectivity index (χ3n) is 2.68. The van der Waals surface area contributed by atoms with E-state index in [1.165, 1.54) is 14.2 Å². The van der Waals surface area contributed by atoms with Gasteiger partial charge in [0.1, 0.15) is 11.4 Å². The fraction of sp³-hybridized carbons (Fsp3) is 0.417. The van der Waals surface area contributed by atoms with Gasteiger partial charge in [0.25, 0.3) is 0 Å². The quantitative estimate of drug-likeness (QED) is 0.776. The predicted octanol–water partition coefficient (Wildman–Crippen LogP) is 1.32. The Labute approximate surface area is 110 Å². The van der Waals surface area contributed by atoms with Gasteiger partial charge in [0.05, 0.1) is 13.7 Å². The lowest BCUT2D eigenvalue weighted by Crippen LogP contribution is -2.04. The molecule has 2 heterocycles. The van der Waals surface area contributed by atoms with Crippen LogP contribution in [0.4, 0.5) is 0 Å². The van der Waals surface area contributed by atoms with E-state index >= 15 is 0 Å². The van der Waals surface area contributed by atoms with Crippen molar-refractivity contribution in [2.45, 2.75) is 13.5 Å². The zero-order valence-electron chi connectivity index (χ0n) is 11.3. The van der Waals surface area contributed by atoms with Crippen LogP contribution in [0.25, 0.3) is 11.6 Å². The van der Waals surface area contributed by atoms with Gasteiger partial charge in [-0.2, -0.15) is 5.10 Å². The van der Waals surface area contributed by atoms with Crippen LogP contribution >= 0.6 is 0 Å². The summed E-state index contributed by atoms with van der Waals surface area (Å²) in [5.41, 5.74) is 1.92. The summed E-state index contributed by atoms with van der Waals surface area (Å²) in [4.78, 5) is 15.8. The van der Waals surface area contributed by atoms with Crippen LogP contribution in [-0.4, -0.2) is 35.0 Å². The molecule has 7 nitrogen and oxygen atoms in total. The van der Waals surface area contributed by atoms with E-state index in [1.54, 1.807) is 4.68 Å². The Balaban J connectivity index is 2.44. The zero-order chi connectivity index (χ0) is 14.0. The molecule has 0 aliphatic heterocycles. The number of hydrogen-bond donors (Lipinski definition) is 0. The number of ether oxygens (including phenoxy) is 2. The molecule has 102 valence electrons. The predicted molar refractivity (Wildman–Crippen MR) is 65.5 cm³/mol. The summed E-state index contributed by atoms with van der Waals surface area (Å²) in [5, 5.41) is 4.25. The maximum atomic E-state index is 11.6. The van der Waals surface area contributed by atoms with Crippen molar-refractivity contribution in [3.05, 3.63) is 23.2 Å². The summed E-state index contributed by atoms with van der Waals surface area (Å²) in [6, 6.07) is 1.82. The average Bonchev–Trinajstić information content (AvgIpc) is 2.94. The lowest BCUT2D eigenvalue weighted by atomic mass is 10.3. The molecule has 0 amide bonds. The van der Waals surface area contributed by atoms with Gasteiger partial charge in [-0.3, -0.25) is 4.68 Å². The van der Waals surface area contributed by atoms with Gasteiger partial charge in [-0.1, -0.05) is 0 Å². The van der Waals surface area contributed by atoms with Crippen LogP contribution in [0.1, 0.15) is 21.9 Å². The fourth-order valence-corrected chi connectivity index (χ4v) is 1.61. The van der Waals surface area contributed by atoms with Crippen molar-refractivity contribution in [1.29, 1.82) is 0 Å². The molecule has 0 radical (unpaired) electrons. The number of esters is 1. The number of carbonyl (C=O) groups is 1. The largest absolute Gasteiger partial charge is 0.463 e. The van der Waals surface area contributed by atoms with Crippen LogP contribution in [0.2, 0.25) is 0 Å². The topological polar surface area (TPSA) is 79.4 Å². The van der Waals surface area contributed by atoms with E-state index in [0.29, 0.717) is 11.4 Å². The summed E-state index contributed by atoms with van der Waals surface area (Å²) in [7, 11) is 4.62. The van der Waals surface area contributed by atoms with E-state index in [4.69, 9.17) is 9.15 Å². The molecule has 0 saturated heterocycles. The molecular formula is C12H15N3O4. The molecule has 7 heteroatoms. The number of methoxy groups -OCH3 is 2. The van der Waals surface area contributed by atoms with Crippen molar-refractivity contribution in [3.8, 4) is 11.6 Å². The molecule has 0 aromatic carbocycles. The molecule has 2 aromatic heterocycles. The lowest BCUT2D eigenvalue weighted by Gasteiger charge is -1.96. The third-order valence-corrected chi connectivity index (χ3v) is 2.68. The number of rotatable bonds is 4. The Bertz CT molecular complexity index is 581. The smallest absolute Gasteiger partial charge is 0.376 e. The first-order valence-corrected chi connectivity index (χ1v) is 5.64. The monoisotopic (exact) mass is 265 g/mol. The standard InChI is InChI=1S/C12H15N3O4/c1-7-5-8(14-15(7)2)11-13-9(6-17-3)10(19-11)12(16)18-4/h5H,6H2,1-4H3. The second kappa shape index (κ2) is 5.23. The number of nitrogens with zero attached hydrogens (tertiary/aromatic N) is 3. The van der Waals surface area contributed by atoms with Crippen LogP contribution < -0.4 is 0 Å². The molecule has 2 aromatic rings. The molecule has 0 fully saturated rings. The number of aryl methyl sites for hydroxylation is 2. The van der Waals surface area contributed by atoms with Gasteiger partial charge < -0.3 is 13.9 Å². The number of carbonyl (C=O) groups excluding carboxylic acids is 1. The van der Waals surface area contributed by atoms with Crippen LogP contribution in [0, 0.1) is 6.92 Å². The summed E-state index contributed by atoms with van der Waals surface area (Å²) < 4.78 is 16.8. The van der Waals surface area contributed by atoms with Gasteiger partial charge in [0, 0.05) is 19.9 Å². The normalized spacial score (nSPS) is 10.7. The van der Waals surface area contributed by atoms with Crippen LogP contribution in [-0.2, 0) is 23.1 Å². The highest BCUT2D eigenvalue weighted by Crippen LogP contribution is 2.22. The summed E-state index contributed by atoms with van der Waals surface area (Å²) in [6.07, 6.45) is 0. The van der Waals surface area contributed by atoms with Gasteiger partial charge in [-0.15, -0.1) is 0 Å². The first kappa shape index (κ1) is 13.3. The Morgan fingerprint density at radius 1 is 1.47 bits per heavy atom. The van der Waals surface area contributed by atoms with Gasteiger partial charge in [0.2, 0.25) is 11.7 Å². The number of aromatic nitrogens is 3. The fourth-order valence-electron chi connectivity index (χ4n) is 1.61. The second-order valence-electron chi connectivity index (χ2n) is 4.01. The maximum Gasteiger partial charge on any atom is 0.376 e. The summed E-state index contributed by atoms with van der Waals surface area (Å²) in [5.74, 6) is -0.266. The van der Waals surface area contributed by atoms with E-state index in [0.717, 1.165) is 5.69 Å². The molecule has 0 N–H and O–H groups in total. The van der Waals surface area contributed by atoms with E-state index in [1.807, 2.05) is 20.0 Å². The number of hydrogen-bond acceptors (Lipinski definition) is 6. The van der Waals surface area contributed by atoms with E-state index in [-0.39, 0.29) is 18.3 Å². The van der Waals surface area contributed by atoms with Gasteiger partial charge in [-0.05, 0) is 13.0 Å². The van der Waals surface area contributed by atoms with Gasteiger partial charge in [-0.25, -0.2) is 9.78 Å². The van der Waals surface area contributed by atoms with E-state index in [2.05, 4.69) is 14.8 Å². The maximum absolute atomic E-state index is 11.6. The second-order valence-corrected chi connectivity index (χ2v) is 4.01. The molecule has 19 heavy (non-hydrogen) atoms. The van der Waals surface area contributed by atoms with Crippen LogP contribution in [0.5, 0.6) is 0 Å². The molecular weight excluding hydrogens is 250 g/mol. The Morgan fingerprint density at radius 3 is 2.74 bits per heavy atom. The molecule has 0 atom stereocenters. The van der Waals surface area contributed by atoms with Crippen LogP contribution in [0.15, 0.2) is 10.5 Å². The highest BCUT2D eigenvalue weighted by atomic mass is 16.5. The van der Waals surface area contributed by atoms with Crippen molar-refractivity contribution in [3.63, 3.8) is 0 Å². The minimum atomic E-state index is -0.585. The number of oxazole rings is 1. The Morgan fingerprint density at radius 2 is 2.21 bits per heavy atom. The molecule has 0 saturated carbocycles. The first-order chi connectivity index (χ1) is 9.06. The van der Waals surface area contributed by atoms with Gasteiger partial charge >= 0.3 is 5.97 Å². The Hall–Kier alpha value is -2.15. The van der Waals surface area contributed by atoms with Crippen molar-refractivity contribution in [1.82, 2.24) is 14.8 Å². The molecule has 0 bridgehead atoms. The zero-order valence-corrected chi connectivity index (χ0v) is 11.3. The van der Waals surface area contributed by atoms with E-state index in [9.17, 15) is 4.79 Å². The minimum Gasteiger partial charge on any atom is -0.463 e. The summed E-state index contributed by atoms with van der Waals surface area (Å²) >= 11 is 0. The molecule has 0 aliphatic carbocycles. The first-order valence-electron chi connectivity index (χ1n) is 5.64. The molecule has 2 rings (SSSR count). The molecule has 0 aliphatic rings. The highest BCUT2D eigenvalue weighted by molar-refractivity contribution is 5.87. The molecule has 0 spiro atoms. The van der Waals surface area contributed by atoms with Crippen molar-refractivity contribution in [2.75, 3.05) is 14.2 Å². The van der Waals surface area contributed by atoms with Crippen molar-refractivity contribution < 1.29 is 18.7 Å². The van der Waals surface area contributed by atoms with E-state index < -0.39 is 5.97 Å². The van der Waals surface area contributed by atoms with Crippen molar-refractivity contribution in [2.24, 2.45) is 7.05 Å². The van der Waals surface area contributed by atoms with Gasteiger partial charge in [0.15, 0.2) is 0 Å². The van der Waals surface area contributed by atoms with Crippen molar-refractivity contribution >= 4 is 5.97 Å². The SMILES string of the molecule is COCc1nc(-c2cc(C)n(C)n2)oc1C(=O)OC. The Kier molecular flexibility index (Phi) is 3.66. The average molecular weight is 265 g/mol. The third kappa shape index (κ3) is 2.50. The van der Waals surface area contributed by atoms with Crippen LogP contribution in [0.3, 0.4) is 0 Å². The molecule has 0 unspecified atom stereocenters. The lowest BCUT2D eigenvalue weighted by molar-refractivity contribution is 0.0559. The summed E-state index contributed by atoms with van der Waals surface area (Å²) in [6.45, 7) is 2.08.